The molecule has 4 nitrogen and oxygen atoms in total. The van der Waals surface area contributed by atoms with E-state index >= 15 is 0 Å². The van der Waals surface area contributed by atoms with Gasteiger partial charge in [0.2, 0.25) is 0 Å². The molecule has 118 valence electrons. The zero-order valence-electron chi connectivity index (χ0n) is 12.5. The highest BCUT2D eigenvalue weighted by molar-refractivity contribution is 7.50. The molecule has 0 atom stereocenters. The van der Waals surface area contributed by atoms with Gasteiger partial charge < -0.3 is 9.05 Å². The van der Waals surface area contributed by atoms with Gasteiger partial charge in [-0.25, -0.2) is 4.57 Å². The maximum Gasteiger partial charge on any atom is 0.604 e. The van der Waals surface area contributed by atoms with E-state index in [0.717, 1.165) is 24.0 Å². The molecular weight excluding hydrogens is 323 g/mol. The van der Waals surface area contributed by atoms with Crippen LogP contribution >= 0.6 is 19.7 Å². The van der Waals surface area contributed by atoms with Gasteiger partial charge in [-0.3, -0.25) is 0 Å². The monoisotopic (exact) mass is 340 g/mol. The summed E-state index contributed by atoms with van der Waals surface area (Å²) in [6.07, 6.45) is 1.45. The van der Waals surface area contributed by atoms with E-state index in [1.807, 2.05) is 38.1 Å². The standard InChI is InChI=1S/C16H18ClO4P/c1-3-13-9-5-7-11-15(13)19-22(18,21-17)20-16-12-8-6-10-14(16)4-2/h5-12H,3-4H2,1-2H3. The fourth-order valence-electron chi connectivity index (χ4n) is 2.06. The van der Waals surface area contributed by atoms with Crippen LogP contribution in [-0.4, -0.2) is 0 Å². The Morgan fingerprint density at radius 1 is 0.864 bits per heavy atom. The molecule has 0 saturated carbocycles. The van der Waals surface area contributed by atoms with Gasteiger partial charge >= 0.3 is 7.82 Å². The quantitative estimate of drug-likeness (QED) is 0.620. The Morgan fingerprint density at radius 2 is 1.27 bits per heavy atom. The van der Waals surface area contributed by atoms with Gasteiger partial charge in [-0.15, -0.1) is 0 Å². The number of phosphoric ester groups is 1. The third-order valence-corrected chi connectivity index (χ3v) is 4.73. The normalized spacial score (nSPS) is 11.2. The van der Waals surface area contributed by atoms with Crippen molar-refractivity contribution in [3.63, 3.8) is 0 Å². The number of hydrogen-bond acceptors (Lipinski definition) is 4. The van der Waals surface area contributed by atoms with Crippen LogP contribution in [0.4, 0.5) is 0 Å². The summed E-state index contributed by atoms with van der Waals surface area (Å²) in [6, 6.07) is 14.5. The van der Waals surface area contributed by atoms with E-state index in [1.54, 1.807) is 24.3 Å². The van der Waals surface area contributed by atoms with Crippen LogP contribution in [0.2, 0.25) is 0 Å². The molecule has 0 aliphatic rings. The smallest absolute Gasteiger partial charge is 0.394 e. The lowest BCUT2D eigenvalue weighted by Gasteiger charge is -2.18. The van der Waals surface area contributed by atoms with Crippen LogP contribution in [0.3, 0.4) is 0 Å². The first kappa shape index (κ1) is 16.9. The van der Waals surface area contributed by atoms with Crippen molar-refractivity contribution in [3.05, 3.63) is 59.7 Å². The van der Waals surface area contributed by atoms with Crippen LogP contribution in [-0.2, 0) is 21.5 Å². The van der Waals surface area contributed by atoms with Crippen molar-refractivity contribution in [2.75, 3.05) is 0 Å². The third-order valence-electron chi connectivity index (χ3n) is 3.21. The molecule has 0 spiro atoms. The van der Waals surface area contributed by atoms with Crippen molar-refractivity contribution in [1.82, 2.24) is 0 Å². The zero-order valence-corrected chi connectivity index (χ0v) is 14.1. The topological polar surface area (TPSA) is 44.8 Å². The summed E-state index contributed by atoms with van der Waals surface area (Å²) < 4.78 is 28.1. The minimum absolute atomic E-state index is 0.433. The van der Waals surface area contributed by atoms with Crippen LogP contribution in [0.5, 0.6) is 11.5 Å². The van der Waals surface area contributed by atoms with Crippen LogP contribution in [0.1, 0.15) is 25.0 Å². The van der Waals surface area contributed by atoms with E-state index in [4.69, 9.17) is 20.9 Å². The van der Waals surface area contributed by atoms with Crippen molar-refractivity contribution >= 4 is 19.7 Å². The molecule has 0 aliphatic heterocycles. The van der Waals surface area contributed by atoms with Gasteiger partial charge in [0.15, 0.2) is 0 Å². The Labute approximate surface area is 135 Å². The second-order valence-corrected chi connectivity index (χ2v) is 6.43. The maximum atomic E-state index is 12.7. The molecule has 0 radical (unpaired) electrons. The van der Waals surface area contributed by atoms with Gasteiger partial charge in [-0.2, -0.15) is 4.08 Å². The maximum absolute atomic E-state index is 12.7. The molecule has 0 heterocycles. The predicted octanol–water partition coefficient (Wildman–Crippen LogP) is 5.55. The van der Waals surface area contributed by atoms with E-state index in [2.05, 4.69) is 4.08 Å². The van der Waals surface area contributed by atoms with Crippen molar-refractivity contribution in [1.29, 1.82) is 0 Å². The van der Waals surface area contributed by atoms with Gasteiger partial charge in [0.1, 0.15) is 11.5 Å². The summed E-state index contributed by atoms with van der Waals surface area (Å²) in [5.41, 5.74) is 1.78. The molecular formula is C16H18ClO4P. The van der Waals surface area contributed by atoms with Crippen LogP contribution < -0.4 is 9.05 Å². The molecule has 2 aromatic rings. The molecule has 2 rings (SSSR count). The molecule has 0 bridgehead atoms. The summed E-state index contributed by atoms with van der Waals surface area (Å²) >= 11 is 5.39. The molecule has 0 unspecified atom stereocenters. The van der Waals surface area contributed by atoms with E-state index in [-0.39, 0.29) is 0 Å². The van der Waals surface area contributed by atoms with Gasteiger partial charge in [0.05, 0.1) is 11.9 Å². The molecule has 0 fully saturated rings. The Bertz CT molecular complexity index is 621. The van der Waals surface area contributed by atoms with Crippen molar-refractivity contribution in [2.45, 2.75) is 26.7 Å². The number of halogens is 1. The van der Waals surface area contributed by atoms with Crippen LogP contribution in [0.25, 0.3) is 0 Å². The molecule has 0 aliphatic carbocycles. The lowest BCUT2D eigenvalue weighted by Crippen LogP contribution is -2.04. The summed E-state index contributed by atoms with van der Waals surface area (Å²) in [4.78, 5) is 0. The summed E-state index contributed by atoms with van der Waals surface area (Å²) in [7, 11) is -3.96. The average Bonchev–Trinajstić information content (AvgIpc) is 2.56. The van der Waals surface area contributed by atoms with E-state index in [0.29, 0.717) is 11.5 Å². The SMILES string of the molecule is CCc1ccccc1OP(=O)(OCl)Oc1ccccc1CC. The van der Waals surface area contributed by atoms with Gasteiger partial charge in [0.25, 0.3) is 0 Å². The highest BCUT2D eigenvalue weighted by atomic mass is 35.5. The highest BCUT2D eigenvalue weighted by Crippen LogP contribution is 2.51. The van der Waals surface area contributed by atoms with Crippen molar-refractivity contribution in [2.24, 2.45) is 0 Å². The van der Waals surface area contributed by atoms with Crippen LogP contribution in [0, 0.1) is 0 Å². The first-order chi connectivity index (χ1) is 10.6. The Hall–Kier alpha value is -1.48. The molecule has 0 saturated heterocycles. The Kier molecular flexibility index (Phi) is 5.90. The molecule has 0 aromatic heterocycles. The fraction of sp³-hybridized carbons (Fsp3) is 0.250. The summed E-state index contributed by atoms with van der Waals surface area (Å²) in [5.74, 6) is 0.867. The second kappa shape index (κ2) is 7.68. The minimum Gasteiger partial charge on any atom is -0.394 e. The van der Waals surface area contributed by atoms with Gasteiger partial charge in [-0.1, -0.05) is 50.2 Å². The largest absolute Gasteiger partial charge is 0.604 e. The van der Waals surface area contributed by atoms with Crippen molar-refractivity contribution in [3.8, 4) is 11.5 Å². The minimum atomic E-state index is -3.96. The average molecular weight is 341 g/mol. The highest BCUT2D eigenvalue weighted by Gasteiger charge is 2.32. The summed E-state index contributed by atoms with van der Waals surface area (Å²) in [5, 5.41) is 0. The Morgan fingerprint density at radius 3 is 1.64 bits per heavy atom. The molecule has 2 aromatic carbocycles. The lowest BCUT2D eigenvalue weighted by molar-refractivity contribution is 0.306. The van der Waals surface area contributed by atoms with E-state index in [1.165, 1.54) is 0 Å². The number of aryl methyl sites for hydroxylation is 2. The lowest BCUT2D eigenvalue weighted by atomic mass is 10.1. The molecule has 0 N–H and O–H groups in total. The summed E-state index contributed by atoms with van der Waals surface area (Å²) in [6.45, 7) is 3.95. The molecule has 0 amide bonds. The fourth-order valence-corrected chi connectivity index (χ4v) is 3.16. The predicted molar refractivity (Wildman–Crippen MR) is 87.4 cm³/mol. The third kappa shape index (κ3) is 4.04. The second-order valence-electron chi connectivity index (χ2n) is 4.62. The van der Waals surface area contributed by atoms with Crippen molar-refractivity contribution < 1.29 is 17.7 Å². The number of hydrogen-bond donors (Lipinski definition) is 0. The number of phosphoric acid groups is 1. The van der Waals surface area contributed by atoms with E-state index in [9.17, 15) is 4.57 Å². The number of benzene rings is 2. The number of rotatable bonds is 7. The molecule has 6 heteroatoms. The zero-order chi connectivity index (χ0) is 16.0. The van der Waals surface area contributed by atoms with Crippen LogP contribution in [0.15, 0.2) is 48.5 Å². The first-order valence-electron chi connectivity index (χ1n) is 7.07. The molecule has 22 heavy (non-hydrogen) atoms. The van der Waals surface area contributed by atoms with Gasteiger partial charge in [-0.05, 0) is 36.1 Å². The van der Waals surface area contributed by atoms with E-state index < -0.39 is 7.82 Å². The first-order valence-corrected chi connectivity index (χ1v) is 8.84. The number of para-hydroxylation sites is 2. The van der Waals surface area contributed by atoms with Gasteiger partial charge in [0, 0.05) is 0 Å². The Balaban J connectivity index is 2.27.